The number of nitrogens with zero attached hydrogens (tertiary/aromatic N) is 1. The van der Waals surface area contributed by atoms with E-state index in [2.05, 4.69) is 60.5 Å². The molecule has 2 heterocycles. The third-order valence-electron chi connectivity index (χ3n) is 4.45. The van der Waals surface area contributed by atoms with Gasteiger partial charge in [-0.05, 0) is 47.8 Å². The molecule has 1 aliphatic rings. The Balaban J connectivity index is 1.82. The molecule has 4 rings (SSSR count). The van der Waals surface area contributed by atoms with Crippen LogP contribution in [0.5, 0.6) is 5.75 Å². The lowest BCUT2D eigenvalue weighted by atomic mass is 9.88. The monoisotopic (exact) mass is 309 g/mol. The molecular formula is C19H19NOS. The van der Waals surface area contributed by atoms with Gasteiger partial charge in [0.05, 0.1) is 7.11 Å². The molecule has 0 bridgehead atoms. The second kappa shape index (κ2) is 5.41. The molecule has 0 N–H and O–H groups in total. The summed E-state index contributed by atoms with van der Waals surface area (Å²) in [7, 11) is 3.93. The van der Waals surface area contributed by atoms with Crippen molar-refractivity contribution in [2.75, 3.05) is 20.7 Å². The molecule has 22 heavy (non-hydrogen) atoms. The fourth-order valence-electron chi connectivity index (χ4n) is 3.37. The summed E-state index contributed by atoms with van der Waals surface area (Å²) < 4.78 is 6.76. The summed E-state index contributed by atoms with van der Waals surface area (Å²) in [6.07, 6.45) is 0. The van der Waals surface area contributed by atoms with Crippen molar-refractivity contribution in [2.45, 2.75) is 12.5 Å². The van der Waals surface area contributed by atoms with Crippen LogP contribution in [0.15, 0.2) is 48.5 Å². The average molecular weight is 309 g/mol. The quantitative estimate of drug-likeness (QED) is 0.691. The van der Waals surface area contributed by atoms with Crippen LogP contribution in [-0.2, 0) is 6.54 Å². The van der Waals surface area contributed by atoms with Gasteiger partial charge < -0.3 is 9.64 Å². The van der Waals surface area contributed by atoms with Crippen LogP contribution in [0.2, 0.25) is 0 Å². The predicted molar refractivity (Wildman–Crippen MR) is 93.0 cm³/mol. The van der Waals surface area contributed by atoms with Crippen molar-refractivity contribution < 1.29 is 4.74 Å². The molecule has 0 fully saturated rings. The fraction of sp³-hybridized carbons (Fsp3) is 0.263. The lowest BCUT2D eigenvalue weighted by Crippen LogP contribution is -2.30. The molecule has 0 spiro atoms. The number of likely N-dealkylation sites (N-methyl/N-ethyl adjacent to an activating group) is 1. The summed E-state index contributed by atoms with van der Waals surface area (Å²) in [5.41, 5.74) is 2.83. The highest BCUT2D eigenvalue weighted by Crippen LogP contribution is 2.39. The molecule has 1 aliphatic heterocycles. The molecule has 0 amide bonds. The van der Waals surface area contributed by atoms with Gasteiger partial charge in [-0.15, -0.1) is 11.3 Å². The minimum absolute atomic E-state index is 0.456. The average Bonchev–Trinajstić information content (AvgIpc) is 2.97. The SMILES string of the molecule is COc1ccc2c(c1)CN(C)CC2c1cc2ccccc2s1. The second-order valence-corrected chi connectivity index (χ2v) is 7.12. The van der Waals surface area contributed by atoms with E-state index in [0.29, 0.717) is 5.92 Å². The van der Waals surface area contributed by atoms with Crippen molar-refractivity contribution in [2.24, 2.45) is 0 Å². The Morgan fingerprint density at radius 1 is 1.14 bits per heavy atom. The van der Waals surface area contributed by atoms with E-state index in [9.17, 15) is 0 Å². The van der Waals surface area contributed by atoms with Crippen LogP contribution in [-0.4, -0.2) is 25.6 Å². The van der Waals surface area contributed by atoms with E-state index in [0.717, 1.165) is 18.8 Å². The number of thiophene rings is 1. The Labute approximate surface area is 135 Å². The van der Waals surface area contributed by atoms with Crippen molar-refractivity contribution in [3.63, 3.8) is 0 Å². The van der Waals surface area contributed by atoms with Gasteiger partial charge >= 0.3 is 0 Å². The van der Waals surface area contributed by atoms with Gasteiger partial charge in [0.2, 0.25) is 0 Å². The maximum absolute atomic E-state index is 5.39. The lowest BCUT2D eigenvalue weighted by Gasteiger charge is -2.32. The number of methoxy groups -OCH3 is 1. The van der Waals surface area contributed by atoms with Gasteiger partial charge in [-0.1, -0.05) is 24.3 Å². The minimum Gasteiger partial charge on any atom is -0.497 e. The van der Waals surface area contributed by atoms with Gasteiger partial charge in [0.25, 0.3) is 0 Å². The van der Waals surface area contributed by atoms with E-state index in [1.165, 1.54) is 26.1 Å². The summed E-state index contributed by atoms with van der Waals surface area (Å²) in [6, 6.07) is 17.5. The zero-order chi connectivity index (χ0) is 15.1. The molecule has 0 saturated carbocycles. The molecule has 1 aromatic heterocycles. The van der Waals surface area contributed by atoms with Crippen molar-refractivity contribution in [3.05, 3.63) is 64.5 Å². The van der Waals surface area contributed by atoms with Crippen LogP contribution < -0.4 is 4.74 Å². The molecule has 2 nitrogen and oxygen atoms in total. The van der Waals surface area contributed by atoms with E-state index >= 15 is 0 Å². The van der Waals surface area contributed by atoms with Crippen molar-refractivity contribution >= 4 is 21.4 Å². The van der Waals surface area contributed by atoms with Crippen molar-refractivity contribution in [3.8, 4) is 5.75 Å². The summed E-state index contributed by atoms with van der Waals surface area (Å²) in [5.74, 6) is 1.40. The zero-order valence-corrected chi connectivity index (χ0v) is 13.7. The Hall–Kier alpha value is -1.84. The lowest BCUT2D eigenvalue weighted by molar-refractivity contribution is 0.295. The van der Waals surface area contributed by atoms with Crippen LogP contribution >= 0.6 is 11.3 Å². The third-order valence-corrected chi connectivity index (χ3v) is 5.68. The number of ether oxygens (including phenoxy) is 1. The fourth-order valence-corrected chi connectivity index (χ4v) is 4.54. The van der Waals surface area contributed by atoms with E-state index in [-0.39, 0.29) is 0 Å². The topological polar surface area (TPSA) is 12.5 Å². The third kappa shape index (κ3) is 2.31. The first-order valence-corrected chi connectivity index (χ1v) is 8.40. The molecule has 0 aliphatic carbocycles. The largest absolute Gasteiger partial charge is 0.497 e. The van der Waals surface area contributed by atoms with Gasteiger partial charge in [0, 0.05) is 28.6 Å². The van der Waals surface area contributed by atoms with Crippen molar-refractivity contribution in [1.29, 1.82) is 0 Å². The van der Waals surface area contributed by atoms with E-state index in [1.54, 1.807) is 7.11 Å². The maximum Gasteiger partial charge on any atom is 0.119 e. The second-order valence-electron chi connectivity index (χ2n) is 6.00. The highest BCUT2D eigenvalue weighted by atomic mass is 32.1. The smallest absolute Gasteiger partial charge is 0.119 e. The number of rotatable bonds is 2. The van der Waals surface area contributed by atoms with Crippen LogP contribution in [0.3, 0.4) is 0 Å². The summed E-state index contributed by atoms with van der Waals surface area (Å²) >= 11 is 1.92. The van der Waals surface area contributed by atoms with Crippen LogP contribution in [0.25, 0.3) is 10.1 Å². The van der Waals surface area contributed by atoms with Gasteiger partial charge in [-0.2, -0.15) is 0 Å². The molecule has 0 radical (unpaired) electrons. The van der Waals surface area contributed by atoms with Crippen LogP contribution in [0.4, 0.5) is 0 Å². The minimum atomic E-state index is 0.456. The van der Waals surface area contributed by atoms with E-state index in [1.807, 2.05) is 11.3 Å². The van der Waals surface area contributed by atoms with Gasteiger partial charge in [-0.25, -0.2) is 0 Å². The molecule has 0 saturated heterocycles. The first-order chi connectivity index (χ1) is 10.7. The Morgan fingerprint density at radius 2 is 2.00 bits per heavy atom. The maximum atomic E-state index is 5.39. The Kier molecular flexibility index (Phi) is 3.40. The van der Waals surface area contributed by atoms with Gasteiger partial charge in [0.15, 0.2) is 0 Å². The van der Waals surface area contributed by atoms with Gasteiger partial charge in [-0.3, -0.25) is 0 Å². The molecule has 3 heteroatoms. The highest BCUT2D eigenvalue weighted by Gasteiger charge is 2.26. The summed E-state index contributed by atoms with van der Waals surface area (Å²) in [5, 5.41) is 1.35. The molecular weight excluding hydrogens is 290 g/mol. The molecule has 3 aromatic rings. The Bertz CT molecular complexity index is 790. The molecule has 1 atom stereocenters. The Morgan fingerprint density at radius 3 is 2.82 bits per heavy atom. The number of hydrogen-bond acceptors (Lipinski definition) is 3. The zero-order valence-electron chi connectivity index (χ0n) is 12.9. The highest BCUT2D eigenvalue weighted by molar-refractivity contribution is 7.19. The molecule has 2 aromatic carbocycles. The van der Waals surface area contributed by atoms with Gasteiger partial charge in [0.1, 0.15) is 5.75 Å². The first-order valence-electron chi connectivity index (χ1n) is 7.58. The first kappa shape index (κ1) is 13.8. The van der Waals surface area contributed by atoms with Crippen molar-refractivity contribution in [1.82, 2.24) is 4.90 Å². The number of hydrogen-bond donors (Lipinski definition) is 0. The normalized spacial score (nSPS) is 18.4. The summed E-state index contributed by atoms with van der Waals surface area (Å²) in [4.78, 5) is 3.86. The van der Waals surface area contributed by atoms with E-state index < -0.39 is 0 Å². The number of benzene rings is 2. The number of fused-ring (bicyclic) bond motifs is 2. The standard InChI is InChI=1S/C19H19NOS/c1-20-11-14-9-15(21-2)7-8-16(14)17(12-20)19-10-13-5-3-4-6-18(13)22-19/h3-10,17H,11-12H2,1-2H3. The van der Waals surface area contributed by atoms with E-state index in [4.69, 9.17) is 4.74 Å². The van der Waals surface area contributed by atoms with Crippen LogP contribution in [0.1, 0.15) is 21.9 Å². The van der Waals surface area contributed by atoms with Crippen LogP contribution in [0, 0.1) is 0 Å². The summed E-state index contributed by atoms with van der Waals surface area (Å²) in [6.45, 7) is 2.07. The molecule has 112 valence electrons. The predicted octanol–water partition coefficient (Wildman–Crippen LogP) is 4.49. The molecule has 1 unspecified atom stereocenters.